The smallest absolute Gasteiger partial charge is 0.336 e. The Morgan fingerprint density at radius 1 is 1.62 bits per heavy atom. The number of carbonyl (C=O) groups is 1. The van der Waals surface area contributed by atoms with Crippen LogP contribution in [0.1, 0.15) is 10.4 Å². The van der Waals surface area contributed by atoms with Gasteiger partial charge in [-0.25, -0.2) is 9.78 Å². The van der Waals surface area contributed by atoms with Crippen LogP contribution in [0.2, 0.25) is 0 Å². The predicted octanol–water partition coefficient (Wildman–Crippen LogP) is 0.238. The number of anilines is 1. The van der Waals surface area contributed by atoms with Crippen molar-refractivity contribution in [2.75, 3.05) is 5.73 Å². The van der Waals surface area contributed by atoms with Crippen molar-refractivity contribution in [2.24, 2.45) is 0 Å². The van der Waals surface area contributed by atoms with Gasteiger partial charge in [-0.2, -0.15) is 5.10 Å². The summed E-state index contributed by atoms with van der Waals surface area (Å²) in [4.78, 5) is 14.6. The van der Waals surface area contributed by atoms with Gasteiger partial charge >= 0.3 is 5.97 Å². The number of hydrogen-bond acceptors (Lipinski definition) is 4. The maximum Gasteiger partial charge on any atom is 0.336 e. The van der Waals surface area contributed by atoms with E-state index in [1.54, 1.807) is 0 Å². The molecule has 0 saturated carbocycles. The molecule has 4 N–H and O–H groups in total. The number of nitrogens with one attached hydrogen (secondary N) is 1. The van der Waals surface area contributed by atoms with E-state index in [-0.39, 0.29) is 11.4 Å². The van der Waals surface area contributed by atoms with Gasteiger partial charge in [-0.1, -0.05) is 0 Å². The van der Waals surface area contributed by atoms with Crippen molar-refractivity contribution in [1.82, 2.24) is 15.2 Å². The number of aromatic carboxylic acids is 1. The van der Waals surface area contributed by atoms with Crippen molar-refractivity contribution in [3.63, 3.8) is 0 Å². The lowest BCUT2D eigenvalue weighted by molar-refractivity contribution is 0.0699. The molecule has 6 nitrogen and oxygen atoms in total. The molecule has 0 unspecified atom stereocenters. The van der Waals surface area contributed by atoms with Crippen molar-refractivity contribution >= 4 is 22.8 Å². The Morgan fingerprint density at radius 2 is 2.38 bits per heavy atom. The molecule has 0 aromatic carbocycles. The Labute approximate surface area is 72.4 Å². The summed E-state index contributed by atoms with van der Waals surface area (Å²) in [7, 11) is 0. The Kier molecular flexibility index (Phi) is 1.42. The number of rotatable bonds is 1. The zero-order valence-electron chi connectivity index (χ0n) is 6.48. The molecule has 0 radical (unpaired) electrons. The molecule has 0 aliphatic heterocycles. The molecule has 2 aromatic heterocycles. The summed E-state index contributed by atoms with van der Waals surface area (Å²) in [6.07, 6.45) is 1.38. The van der Waals surface area contributed by atoms with Crippen LogP contribution in [0.25, 0.3) is 11.0 Å². The number of pyridine rings is 1. The van der Waals surface area contributed by atoms with E-state index in [4.69, 9.17) is 10.8 Å². The predicted molar refractivity (Wildman–Crippen MR) is 45.3 cm³/mol. The maximum atomic E-state index is 10.7. The Balaban J connectivity index is 2.88. The summed E-state index contributed by atoms with van der Waals surface area (Å²) in [5.41, 5.74) is 5.92. The Bertz CT molecular complexity index is 476. The van der Waals surface area contributed by atoms with Crippen LogP contribution in [0.3, 0.4) is 0 Å². The lowest BCUT2D eigenvalue weighted by Gasteiger charge is -1.95. The summed E-state index contributed by atoms with van der Waals surface area (Å²) in [6, 6.07) is 1.39. The van der Waals surface area contributed by atoms with Crippen LogP contribution >= 0.6 is 0 Å². The number of fused-ring (bicyclic) bond motifs is 1. The molecule has 0 aliphatic carbocycles. The molecule has 0 bridgehead atoms. The monoisotopic (exact) mass is 178 g/mol. The van der Waals surface area contributed by atoms with Crippen LogP contribution in [0.5, 0.6) is 0 Å². The van der Waals surface area contributed by atoms with Crippen molar-refractivity contribution < 1.29 is 9.90 Å². The topological polar surface area (TPSA) is 105 Å². The van der Waals surface area contributed by atoms with Gasteiger partial charge in [-0.3, -0.25) is 5.10 Å². The van der Waals surface area contributed by atoms with Crippen LogP contribution in [0, 0.1) is 0 Å². The van der Waals surface area contributed by atoms with Gasteiger partial charge < -0.3 is 10.8 Å². The van der Waals surface area contributed by atoms with Crippen LogP contribution < -0.4 is 5.73 Å². The van der Waals surface area contributed by atoms with Crippen LogP contribution in [-0.4, -0.2) is 26.3 Å². The average molecular weight is 178 g/mol. The van der Waals surface area contributed by atoms with Crippen molar-refractivity contribution in [2.45, 2.75) is 0 Å². The zero-order chi connectivity index (χ0) is 9.42. The third-order valence-electron chi connectivity index (χ3n) is 1.71. The lowest BCUT2D eigenvalue weighted by atomic mass is 10.2. The van der Waals surface area contributed by atoms with Gasteiger partial charge in [0.25, 0.3) is 0 Å². The third-order valence-corrected chi connectivity index (χ3v) is 1.71. The molecule has 6 heteroatoms. The number of aromatic amines is 1. The first-order valence-corrected chi connectivity index (χ1v) is 3.52. The fraction of sp³-hybridized carbons (Fsp3) is 0. The van der Waals surface area contributed by atoms with E-state index in [0.29, 0.717) is 11.0 Å². The van der Waals surface area contributed by atoms with E-state index < -0.39 is 5.97 Å². The van der Waals surface area contributed by atoms with Gasteiger partial charge in [-0.05, 0) is 6.07 Å². The Morgan fingerprint density at radius 3 is 3.08 bits per heavy atom. The standard InChI is InChI=1S/C7H6N4O2/c8-5-4-3(7(12)13)1-2-9-6(4)11-10-5/h1-2H,(H,12,13)(H3,8,9,10,11). The van der Waals surface area contributed by atoms with Crippen molar-refractivity contribution in [3.05, 3.63) is 17.8 Å². The number of nitrogen functional groups attached to an aromatic ring is 1. The van der Waals surface area contributed by atoms with Gasteiger partial charge in [0.15, 0.2) is 5.65 Å². The minimum Gasteiger partial charge on any atom is -0.478 e. The van der Waals surface area contributed by atoms with E-state index in [1.165, 1.54) is 12.3 Å². The summed E-state index contributed by atoms with van der Waals surface area (Å²) >= 11 is 0. The highest BCUT2D eigenvalue weighted by atomic mass is 16.4. The first-order valence-electron chi connectivity index (χ1n) is 3.52. The first kappa shape index (κ1) is 7.53. The molecule has 0 fully saturated rings. The molecular weight excluding hydrogens is 172 g/mol. The molecule has 2 rings (SSSR count). The molecule has 2 heterocycles. The normalized spacial score (nSPS) is 10.5. The van der Waals surface area contributed by atoms with Gasteiger partial charge in [-0.15, -0.1) is 0 Å². The second-order valence-corrected chi connectivity index (χ2v) is 2.50. The van der Waals surface area contributed by atoms with Crippen LogP contribution in [0.4, 0.5) is 5.82 Å². The van der Waals surface area contributed by atoms with E-state index >= 15 is 0 Å². The number of carboxylic acids is 1. The third kappa shape index (κ3) is 0.994. The largest absolute Gasteiger partial charge is 0.478 e. The van der Waals surface area contributed by atoms with E-state index in [9.17, 15) is 4.79 Å². The quantitative estimate of drug-likeness (QED) is 0.580. The fourth-order valence-electron chi connectivity index (χ4n) is 1.15. The van der Waals surface area contributed by atoms with E-state index in [1.807, 2.05) is 0 Å². The van der Waals surface area contributed by atoms with Crippen molar-refractivity contribution in [3.8, 4) is 0 Å². The van der Waals surface area contributed by atoms with Crippen LogP contribution in [0.15, 0.2) is 12.3 Å². The van der Waals surface area contributed by atoms with Gasteiger partial charge in [0.1, 0.15) is 5.82 Å². The number of nitrogens with zero attached hydrogens (tertiary/aromatic N) is 2. The molecule has 0 aliphatic rings. The lowest BCUT2D eigenvalue weighted by Crippen LogP contribution is -1.98. The summed E-state index contributed by atoms with van der Waals surface area (Å²) in [5, 5.41) is 15.4. The molecule has 0 amide bonds. The average Bonchev–Trinajstić information content (AvgIpc) is 2.48. The summed E-state index contributed by atoms with van der Waals surface area (Å²) in [5.74, 6) is -0.819. The highest BCUT2D eigenvalue weighted by Crippen LogP contribution is 2.19. The molecule has 0 atom stereocenters. The summed E-state index contributed by atoms with van der Waals surface area (Å²) < 4.78 is 0. The SMILES string of the molecule is Nc1[nH]nc2nccc(C(=O)O)c12. The minimum absolute atomic E-state index is 0.108. The van der Waals surface area contributed by atoms with Gasteiger partial charge in [0, 0.05) is 6.20 Å². The number of aromatic nitrogens is 3. The number of hydrogen-bond donors (Lipinski definition) is 3. The molecular formula is C7H6N4O2. The fourth-order valence-corrected chi connectivity index (χ4v) is 1.15. The molecule has 2 aromatic rings. The molecule has 13 heavy (non-hydrogen) atoms. The number of carboxylic acid groups (broad SMARTS) is 1. The van der Waals surface area contributed by atoms with Crippen LogP contribution in [-0.2, 0) is 0 Å². The van der Waals surface area contributed by atoms with Crippen molar-refractivity contribution in [1.29, 1.82) is 0 Å². The Hall–Kier alpha value is -2.11. The second-order valence-electron chi connectivity index (χ2n) is 2.50. The number of H-pyrrole nitrogens is 1. The molecule has 0 saturated heterocycles. The van der Waals surface area contributed by atoms with Gasteiger partial charge in [0.2, 0.25) is 0 Å². The highest BCUT2D eigenvalue weighted by molar-refractivity contribution is 6.05. The first-order chi connectivity index (χ1) is 6.20. The number of nitrogens with two attached hydrogens (primary N) is 1. The van der Waals surface area contributed by atoms with Gasteiger partial charge in [0.05, 0.1) is 10.9 Å². The van der Waals surface area contributed by atoms with E-state index in [2.05, 4.69) is 15.2 Å². The zero-order valence-corrected chi connectivity index (χ0v) is 6.48. The highest BCUT2D eigenvalue weighted by Gasteiger charge is 2.13. The second kappa shape index (κ2) is 2.44. The maximum absolute atomic E-state index is 10.7. The molecule has 66 valence electrons. The molecule has 0 spiro atoms. The minimum atomic E-state index is -1.04. The summed E-state index contributed by atoms with van der Waals surface area (Å²) in [6.45, 7) is 0. The van der Waals surface area contributed by atoms with E-state index in [0.717, 1.165) is 0 Å².